The first-order chi connectivity index (χ1) is 9.66. The van der Waals surface area contributed by atoms with Crippen LogP contribution in [0.4, 0.5) is 24.7 Å². The predicted molar refractivity (Wildman–Crippen MR) is 75.3 cm³/mol. The van der Waals surface area contributed by atoms with Gasteiger partial charge < -0.3 is 5.32 Å². The van der Waals surface area contributed by atoms with Crippen LogP contribution < -0.4 is 5.32 Å². The largest absolute Gasteiger partial charge is 0.340 e. The zero-order valence-electron chi connectivity index (χ0n) is 11.6. The molecule has 0 fully saturated rings. The van der Waals surface area contributed by atoms with E-state index in [0.29, 0.717) is 5.82 Å². The van der Waals surface area contributed by atoms with E-state index < -0.39 is 17.5 Å². The van der Waals surface area contributed by atoms with E-state index in [9.17, 15) is 13.2 Å². The van der Waals surface area contributed by atoms with Crippen LogP contribution in [0, 0.1) is 17.5 Å². The molecule has 112 valence electrons. The van der Waals surface area contributed by atoms with E-state index >= 15 is 0 Å². The molecule has 0 atom stereocenters. The molecule has 1 aromatic heterocycles. The zero-order valence-corrected chi connectivity index (χ0v) is 12.4. The molecule has 7 heteroatoms. The predicted octanol–water partition coefficient (Wildman–Crippen LogP) is 4.59. The molecule has 0 aliphatic heterocycles. The van der Waals surface area contributed by atoms with E-state index in [1.807, 2.05) is 20.8 Å². The van der Waals surface area contributed by atoms with Crippen LogP contribution in [0.3, 0.4) is 0 Å². The fourth-order valence-corrected chi connectivity index (χ4v) is 1.78. The smallest absolute Gasteiger partial charge is 0.194 e. The van der Waals surface area contributed by atoms with Crippen LogP contribution in [-0.2, 0) is 5.41 Å². The third-order valence-corrected chi connectivity index (χ3v) is 2.82. The molecule has 2 rings (SSSR count). The average Bonchev–Trinajstić information content (AvgIpc) is 2.34. The Hall–Kier alpha value is -1.82. The lowest BCUT2D eigenvalue weighted by atomic mass is 9.96. The van der Waals surface area contributed by atoms with Gasteiger partial charge >= 0.3 is 0 Å². The zero-order chi connectivity index (χ0) is 15.8. The van der Waals surface area contributed by atoms with Crippen molar-refractivity contribution < 1.29 is 13.2 Å². The molecule has 0 saturated heterocycles. The summed E-state index contributed by atoms with van der Waals surface area (Å²) in [5.41, 5.74) is -0.318. The van der Waals surface area contributed by atoms with Crippen molar-refractivity contribution in [3.63, 3.8) is 0 Å². The van der Waals surface area contributed by atoms with Gasteiger partial charge in [0.05, 0.1) is 0 Å². The summed E-state index contributed by atoms with van der Waals surface area (Å²) in [7, 11) is 0. The van der Waals surface area contributed by atoms with Gasteiger partial charge in [-0.2, -0.15) is 0 Å². The van der Waals surface area contributed by atoms with E-state index in [2.05, 4.69) is 15.3 Å². The molecule has 0 unspecified atom stereocenters. The van der Waals surface area contributed by atoms with Crippen molar-refractivity contribution in [2.24, 2.45) is 0 Å². The van der Waals surface area contributed by atoms with Crippen LogP contribution in [-0.4, -0.2) is 9.97 Å². The van der Waals surface area contributed by atoms with Gasteiger partial charge in [-0.1, -0.05) is 32.4 Å². The molecular formula is C14H13ClF3N3. The van der Waals surface area contributed by atoms with E-state index in [1.165, 1.54) is 6.07 Å². The Kier molecular flexibility index (Phi) is 4.09. The lowest BCUT2D eigenvalue weighted by molar-refractivity contribution is 0.448. The second-order valence-corrected chi connectivity index (χ2v) is 5.92. The van der Waals surface area contributed by atoms with Crippen molar-refractivity contribution in [1.82, 2.24) is 9.97 Å². The van der Waals surface area contributed by atoms with Crippen molar-refractivity contribution in [1.29, 1.82) is 0 Å². The van der Waals surface area contributed by atoms with Gasteiger partial charge in [-0.05, 0) is 0 Å². The molecule has 0 spiro atoms. The summed E-state index contributed by atoms with van der Waals surface area (Å²) in [6.45, 7) is 5.71. The summed E-state index contributed by atoms with van der Waals surface area (Å²) in [5, 5.41) is 2.88. The molecule has 0 saturated carbocycles. The van der Waals surface area contributed by atoms with Gasteiger partial charge in [-0.15, -0.1) is 0 Å². The molecule has 1 heterocycles. The van der Waals surface area contributed by atoms with E-state index in [1.54, 1.807) is 0 Å². The standard InChI is InChI=1S/C14H13ClF3N3/c1-14(2,3)13-20-10(15)6-11(21-13)19-7-4-8(16)12(18)9(17)5-7/h4-6H,1-3H3,(H,19,20,21). The number of hydrogen-bond donors (Lipinski definition) is 1. The third kappa shape index (κ3) is 3.64. The number of benzene rings is 1. The molecule has 21 heavy (non-hydrogen) atoms. The van der Waals surface area contributed by atoms with E-state index in [-0.39, 0.29) is 22.1 Å². The number of nitrogens with one attached hydrogen (secondary N) is 1. The number of hydrogen-bond acceptors (Lipinski definition) is 3. The van der Waals surface area contributed by atoms with Gasteiger partial charge in [0.25, 0.3) is 0 Å². The average molecular weight is 316 g/mol. The molecule has 0 amide bonds. The maximum absolute atomic E-state index is 13.2. The Morgan fingerprint density at radius 3 is 2.10 bits per heavy atom. The minimum absolute atomic E-state index is 0.0287. The van der Waals surface area contributed by atoms with Crippen molar-refractivity contribution >= 4 is 23.1 Å². The van der Waals surface area contributed by atoms with Crippen LogP contribution in [0.5, 0.6) is 0 Å². The topological polar surface area (TPSA) is 37.8 Å². The number of aromatic nitrogens is 2. The van der Waals surface area contributed by atoms with Gasteiger partial charge in [-0.25, -0.2) is 23.1 Å². The molecule has 0 bridgehead atoms. The molecular weight excluding hydrogens is 303 g/mol. The van der Waals surface area contributed by atoms with Crippen LogP contribution in [0.2, 0.25) is 5.15 Å². The lowest BCUT2D eigenvalue weighted by Crippen LogP contribution is -2.16. The molecule has 0 aliphatic carbocycles. The Morgan fingerprint density at radius 2 is 1.57 bits per heavy atom. The van der Waals surface area contributed by atoms with E-state index in [4.69, 9.17) is 11.6 Å². The SMILES string of the molecule is CC(C)(C)c1nc(Cl)cc(Nc2cc(F)c(F)c(F)c2)n1. The quantitative estimate of drug-likeness (QED) is 0.650. The minimum Gasteiger partial charge on any atom is -0.340 e. The van der Waals surface area contributed by atoms with Crippen LogP contribution >= 0.6 is 11.6 Å². The summed E-state index contributed by atoms with van der Waals surface area (Å²) in [5.74, 6) is -3.34. The Morgan fingerprint density at radius 1 is 1.00 bits per heavy atom. The summed E-state index contributed by atoms with van der Waals surface area (Å²) in [4.78, 5) is 8.34. The molecule has 2 aromatic rings. The molecule has 1 aromatic carbocycles. The first-order valence-electron chi connectivity index (χ1n) is 6.13. The lowest BCUT2D eigenvalue weighted by Gasteiger charge is -2.18. The van der Waals surface area contributed by atoms with Gasteiger partial charge in [0, 0.05) is 29.3 Å². The molecule has 3 nitrogen and oxygen atoms in total. The van der Waals surface area contributed by atoms with Crippen molar-refractivity contribution in [2.75, 3.05) is 5.32 Å². The summed E-state index contributed by atoms with van der Waals surface area (Å²) >= 11 is 5.91. The fraction of sp³-hybridized carbons (Fsp3) is 0.286. The Bertz CT molecular complexity index is 661. The van der Waals surface area contributed by atoms with E-state index in [0.717, 1.165) is 12.1 Å². The molecule has 0 radical (unpaired) electrons. The summed E-state index contributed by atoms with van der Waals surface area (Å²) in [6.07, 6.45) is 0. The maximum Gasteiger partial charge on any atom is 0.194 e. The first kappa shape index (κ1) is 15.6. The monoisotopic (exact) mass is 315 g/mol. The number of nitrogens with zero attached hydrogens (tertiary/aromatic N) is 2. The van der Waals surface area contributed by atoms with Gasteiger partial charge in [0.2, 0.25) is 0 Å². The molecule has 0 aliphatic rings. The van der Waals surface area contributed by atoms with Crippen LogP contribution in [0.15, 0.2) is 18.2 Å². The highest BCUT2D eigenvalue weighted by Gasteiger charge is 2.19. The van der Waals surface area contributed by atoms with Gasteiger partial charge in [-0.3, -0.25) is 0 Å². The summed E-state index contributed by atoms with van der Waals surface area (Å²) < 4.78 is 39.3. The fourth-order valence-electron chi connectivity index (χ4n) is 1.59. The second kappa shape index (κ2) is 5.52. The maximum atomic E-state index is 13.2. The van der Waals surface area contributed by atoms with Crippen LogP contribution in [0.1, 0.15) is 26.6 Å². The highest BCUT2D eigenvalue weighted by atomic mass is 35.5. The third-order valence-electron chi connectivity index (χ3n) is 2.62. The first-order valence-corrected chi connectivity index (χ1v) is 6.51. The summed E-state index contributed by atoms with van der Waals surface area (Å²) in [6, 6.07) is 3.09. The van der Waals surface area contributed by atoms with Gasteiger partial charge in [0.1, 0.15) is 16.8 Å². The van der Waals surface area contributed by atoms with Crippen molar-refractivity contribution in [3.8, 4) is 0 Å². The second-order valence-electron chi connectivity index (χ2n) is 5.53. The molecule has 1 N–H and O–H groups in total. The number of halogens is 4. The number of rotatable bonds is 2. The highest BCUT2D eigenvalue weighted by Crippen LogP contribution is 2.25. The number of anilines is 2. The Balaban J connectivity index is 2.38. The Labute approximate surface area is 125 Å². The van der Waals surface area contributed by atoms with Crippen molar-refractivity contribution in [3.05, 3.63) is 46.6 Å². The minimum atomic E-state index is -1.52. The van der Waals surface area contributed by atoms with Gasteiger partial charge in [0.15, 0.2) is 17.5 Å². The van der Waals surface area contributed by atoms with Crippen molar-refractivity contribution in [2.45, 2.75) is 26.2 Å². The normalized spacial score (nSPS) is 11.6. The highest BCUT2D eigenvalue weighted by molar-refractivity contribution is 6.29. The van der Waals surface area contributed by atoms with Crippen LogP contribution in [0.25, 0.3) is 0 Å².